The number of carboxylic acid groups (broad SMARTS) is 1. The number of hydrogen-bond donors (Lipinski definition) is 4. The Morgan fingerprint density at radius 2 is 0.835 bits per heavy atom. The van der Waals surface area contributed by atoms with Crippen LogP contribution < -0.4 is 46.8 Å². The molecule has 1 unspecified atom stereocenters. The largest absolute Gasteiger partial charge is 0.482 e. The second-order valence-electron chi connectivity index (χ2n) is 17.8. The molecule has 0 saturated heterocycles. The Morgan fingerprint density at radius 1 is 0.506 bits per heavy atom. The molecule has 4 N–H and O–H groups in total. The van der Waals surface area contributed by atoms with Crippen LogP contribution in [0.25, 0.3) is 0 Å². The summed E-state index contributed by atoms with van der Waals surface area (Å²) in [6, 6.07) is 30.8. The van der Waals surface area contributed by atoms with Crippen molar-refractivity contribution >= 4 is 29.6 Å². The van der Waals surface area contributed by atoms with Crippen molar-refractivity contribution < 1.29 is 57.5 Å². The molecule has 418 valence electrons. The van der Waals surface area contributed by atoms with Crippen molar-refractivity contribution in [3.05, 3.63) is 192 Å². The molecule has 6 aromatic rings. The van der Waals surface area contributed by atoms with Crippen molar-refractivity contribution in [2.75, 3.05) is 67.3 Å². The van der Waals surface area contributed by atoms with E-state index in [-0.39, 0.29) is 101 Å². The molecule has 3 heterocycles. The highest BCUT2D eigenvalue weighted by Gasteiger charge is 2.49. The minimum Gasteiger partial charge on any atom is -0.482 e. The molecule has 22 heteroatoms. The number of nitrogens with zero attached hydrogens (tertiary/aromatic N) is 4. The average Bonchev–Trinajstić information content (AvgIpc) is 3.51. The van der Waals surface area contributed by atoms with E-state index in [1.54, 1.807) is 78.9 Å². The lowest BCUT2D eigenvalue weighted by atomic mass is 9.93. The first-order chi connectivity index (χ1) is 38.3. The van der Waals surface area contributed by atoms with Crippen molar-refractivity contribution in [1.29, 1.82) is 0 Å². The molecule has 0 radical (unpaired) electrons. The quantitative estimate of drug-likeness (QED) is 0.0454. The van der Waals surface area contributed by atoms with Gasteiger partial charge in [-0.1, -0.05) is 97.9 Å². The van der Waals surface area contributed by atoms with Crippen molar-refractivity contribution in [3.63, 3.8) is 0 Å². The van der Waals surface area contributed by atoms with Gasteiger partial charge in [-0.25, -0.2) is 4.79 Å². The lowest BCUT2D eigenvalue weighted by Gasteiger charge is -2.34. The second kappa shape index (κ2) is 29.6. The number of hydrogen-bond acceptors (Lipinski definition) is 14. The van der Waals surface area contributed by atoms with Crippen LogP contribution in [0, 0.1) is 0 Å². The van der Waals surface area contributed by atoms with Gasteiger partial charge >= 0.3 is 5.97 Å². The van der Waals surface area contributed by atoms with Gasteiger partial charge < -0.3 is 68.1 Å². The van der Waals surface area contributed by atoms with Crippen LogP contribution in [0.4, 0.5) is 0 Å². The van der Waals surface area contributed by atoms with Crippen LogP contribution in [0.1, 0.15) is 61.1 Å². The van der Waals surface area contributed by atoms with Crippen LogP contribution in [0.2, 0.25) is 0 Å². The lowest BCUT2D eigenvalue weighted by molar-refractivity contribution is -0.155. The summed E-state index contributed by atoms with van der Waals surface area (Å²) in [5.74, 6) is -6.56. The van der Waals surface area contributed by atoms with E-state index in [2.05, 4.69) is 16.0 Å². The maximum absolute atomic E-state index is 15.1. The molecule has 0 saturated carbocycles. The SMILES string of the molecule is CCC(NC(=O)c1ccn(CCOC)c(=O)c1OCc1ccccc1)(C(=O)O)C(=O)N(CCNC(=O)c1ccn(CCOC)c(=O)c1OCc1ccccc1)CCNC(=O)c1ccn(CCOC)c(=O)c1OCc1ccccc1. The van der Waals surface area contributed by atoms with E-state index < -0.39 is 77.1 Å². The number of methoxy groups -OCH3 is 3. The molecule has 4 amide bonds. The molecule has 3 aromatic carbocycles. The van der Waals surface area contributed by atoms with Gasteiger partial charge in [0.1, 0.15) is 19.8 Å². The summed E-state index contributed by atoms with van der Waals surface area (Å²) in [6.07, 6.45) is 3.61. The van der Waals surface area contributed by atoms with Gasteiger partial charge in [-0.2, -0.15) is 0 Å². The molecular weight excluding hydrogens is 1020 g/mol. The Balaban J connectivity index is 1.31. The Hall–Kier alpha value is -8.86. The van der Waals surface area contributed by atoms with Crippen LogP contribution in [0.3, 0.4) is 0 Å². The topological polar surface area (TPSA) is 266 Å². The van der Waals surface area contributed by atoms with E-state index in [4.69, 9.17) is 28.4 Å². The van der Waals surface area contributed by atoms with E-state index in [1.807, 2.05) is 12.1 Å². The number of amides is 4. The number of ether oxygens (including phenoxy) is 6. The summed E-state index contributed by atoms with van der Waals surface area (Å²) in [5, 5.41) is 18.8. The average molecular weight is 1090 g/mol. The van der Waals surface area contributed by atoms with Crippen LogP contribution in [0.15, 0.2) is 142 Å². The fourth-order valence-corrected chi connectivity index (χ4v) is 8.14. The van der Waals surface area contributed by atoms with Crippen LogP contribution in [0.5, 0.6) is 17.2 Å². The van der Waals surface area contributed by atoms with Crippen LogP contribution in [-0.2, 0) is 63.3 Å². The number of aromatic nitrogens is 3. The van der Waals surface area contributed by atoms with Crippen LogP contribution in [-0.4, -0.2) is 126 Å². The number of rotatable bonds is 31. The number of benzene rings is 3. The molecule has 0 fully saturated rings. The van der Waals surface area contributed by atoms with E-state index in [9.17, 15) is 38.7 Å². The number of carbonyl (C=O) groups is 5. The number of carboxylic acids is 1. The number of carbonyl (C=O) groups excluding carboxylic acids is 4. The fraction of sp³-hybridized carbons (Fsp3) is 0.333. The van der Waals surface area contributed by atoms with Gasteiger partial charge in [0.15, 0.2) is 17.2 Å². The maximum Gasteiger partial charge on any atom is 0.339 e. The van der Waals surface area contributed by atoms with E-state index in [0.717, 1.165) is 16.0 Å². The second-order valence-corrected chi connectivity index (χ2v) is 17.8. The Labute approximate surface area is 455 Å². The maximum atomic E-state index is 15.1. The molecule has 0 aliphatic rings. The Morgan fingerprint density at radius 3 is 1.14 bits per heavy atom. The Bertz CT molecular complexity index is 3070. The molecule has 1 atom stereocenters. The first kappa shape index (κ1) is 59.4. The van der Waals surface area contributed by atoms with E-state index in [1.165, 1.54) is 78.7 Å². The zero-order chi connectivity index (χ0) is 56.7. The third-order valence-electron chi connectivity index (χ3n) is 12.6. The predicted octanol–water partition coefficient (Wildman–Crippen LogP) is 3.50. The smallest absolute Gasteiger partial charge is 0.339 e. The molecule has 3 aromatic heterocycles. The summed E-state index contributed by atoms with van der Waals surface area (Å²) >= 11 is 0. The van der Waals surface area contributed by atoms with Crippen molar-refractivity contribution in [2.45, 2.75) is 58.3 Å². The van der Waals surface area contributed by atoms with Gasteiger partial charge in [-0.3, -0.25) is 33.6 Å². The lowest BCUT2D eigenvalue weighted by Crippen LogP contribution is -2.65. The minimum atomic E-state index is -2.72. The molecular formula is C57H65N7O15. The van der Waals surface area contributed by atoms with Gasteiger partial charge in [0.2, 0.25) is 5.54 Å². The third kappa shape index (κ3) is 15.6. The highest BCUT2D eigenvalue weighted by molar-refractivity contribution is 6.12. The third-order valence-corrected chi connectivity index (χ3v) is 12.6. The van der Waals surface area contributed by atoms with Gasteiger partial charge in [0.25, 0.3) is 40.3 Å². The molecule has 0 bridgehead atoms. The molecule has 22 nitrogen and oxygen atoms in total. The van der Waals surface area contributed by atoms with E-state index in [0.29, 0.717) is 5.56 Å². The summed E-state index contributed by atoms with van der Waals surface area (Å²) in [6.45, 7) is 0.477. The zero-order valence-electron chi connectivity index (χ0n) is 44.5. The first-order valence-electron chi connectivity index (χ1n) is 25.4. The first-order valence-corrected chi connectivity index (χ1v) is 25.4. The minimum absolute atomic E-state index is 0.0557. The molecule has 0 aliphatic carbocycles. The van der Waals surface area contributed by atoms with E-state index >= 15 is 4.79 Å². The molecule has 6 rings (SSSR count). The zero-order valence-corrected chi connectivity index (χ0v) is 44.5. The summed E-state index contributed by atoms with van der Waals surface area (Å²) in [7, 11) is 4.41. The number of pyridine rings is 3. The molecule has 0 spiro atoms. The normalized spacial score (nSPS) is 11.7. The standard InChI is InChI=1S/C57H65N7O15/c1-5-57(56(72)73,60-51(67)45-23-28-63(33-36-76-4)54(70)48(45)79-39-42-19-13-8-14-20-42)55(71)64(29-24-58-49(65)43-21-26-61(31-34-74-2)52(68)46(43)77-37-40-15-9-6-10-16-40)30-25-59-50(66)44-22-27-62(32-35-75-3)53(69)47(44)78-38-41-17-11-7-12-18-41/h6-23,26-28H,5,24-25,29-39H2,1-4H3,(H,58,65)(H,59,66)(H,60,67)(H,72,73). The summed E-state index contributed by atoms with van der Waals surface area (Å²) < 4.78 is 37.3. The summed E-state index contributed by atoms with van der Waals surface area (Å²) in [5.41, 5.74) is -3.20. The number of nitrogens with one attached hydrogen (secondary N) is 3. The van der Waals surface area contributed by atoms with Crippen molar-refractivity contribution in [3.8, 4) is 17.2 Å². The monoisotopic (exact) mass is 1090 g/mol. The van der Waals surface area contributed by atoms with Gasteiger partial charge in [-0.15, -0.1) is 0 Å². The fourth-order valence-electron chi connectivity index (χ4n) is 8.14. The van der Waals surface area contributed by atoms with Crippen LogP contribution >= 0.6 is 0 Å². The molecule has 0 aliphatic heterocycles. The number of aliphatic carboxylic acids is 1. The van der Waals surface area contributed by atoms with Gasteiger partial charge in [-0.05, 0) is 41.3 Å². The molecule has 79 heavy (non-hydrogen) atoms. The van der Waals surface area contributed by atoms with Gasteiger partial charge in [0.05, 0.1) is 36.5 Å². The highest BCUT2D eigenvalue weighted by Crippen LogP contribution is 2.22. The summed E-state index contributed by atoms with van der Waals surface area (Å²) in [4.78, 5) is 113. The van der Waals surface area contributed by atoms with Gasteiger partial charge in [0, 0.05) is 85.7 Å². The Kier molecular flexibility index (Phi) is 22.3. The van der Waals surface area contributed by atoms with Crippen molar-refractivity contribution in [2.24, 2.45) is 0 Å². The van der Waals surface area contributed by atoms with Crippen molar-refractivity contribution in [1.82, 2.24) is 34.6 Å². The highest BCUT2D eigenvalue weighted by atomic mass is 16.5. The predicted molar refractivity (Wildman–Crippen MR) is 289 cm³/mol.